The number of fused-ring (bicyclic) bond motifs is 7. The zero-order chi connectivity index (χ0) is 20.5. The van der Waals surface area contributed by atoms with Crippen molar-refractivity contribution >= 4 is 27.9 Å². The van der Waals surface area contributed by atoms with Crippen molar-refractivity contribution in [2.75, 3.05) is 5.32 Å². The van der Waals surface area contributed by atoms with Crippen molar-refractivity contribution in [2.24, 2.45) is 28.6 Å². The minimum Gasteiger partial charge on any atom is -0.393 e. The number of allylic oxidation sites excluding steroid dienone is 2. The number of nitrogens with zero attached hydrogens (tertiary/aromatic N) is 2. The average Bonchev–Trinajstić information content (AvgIpc) is 3.28. The quantitative estimate of drug-likeness (QED) is 0.641. The number of hydrogen-bond acceptors (Lipinski definition) is 5. The molecular weight excluding hydrogens is 390 g/mol. The SMILES string of the molecule is C[C@]12CC[C@H]3[C@@H](CC=C4c5sc(Nc6ccccn6)nc5CC[C@@]43C)[C@@H]1CC[C@@H]2O. The highest BCUT2D eigenvalue weighted by molar-refractivity contribution is 7.16. The molecule has 6 atom stereocenters. The molecule has 158 valence electrons. The largest absolute Gasteiger partial charge is 0.393 e. The van der Waals surface area contributed by atoms with Gasteiger partial charge in [0.15, 0.2) is 5.13 Å². The Kier molecular flexibility index (Phi) is 4.20. The molecular formula is C25H31N3OS. The van der Waals surface area contributed by atoms with Gasteiger partial charge in [0.25, 0.3) is 0 Å². The third-order valence-corrected chi connectivity index (χ3v) is 10.2. The van der Waals surface area contributed by atoms with Crippen molar-refractivity contribution in [1.82, 2.24) is 9.97 Å². The summed E-state index contributed by atoms with van der Waals surface area (Å²) in [5.74, 6) is 3.01. The summed E-state index contributed by atoms with van der Waals surface area (Å²) >= 11 is 1.80. The lowest BCUT2D eigenvalue weighted by molar-refractivity contribution is -0.0579. The van der Waals surface area contributed by atoms with Crippen LogP contribution in [0.4, 0.5) is 10.9 Å². The Morgan fingerprint density at radius 2 is 2.03 bits per heavy atom. The van der Waals surface area contributed by atoms with Crippen molar-refractivity contribution in [3.05, 3.63) is 41.0 Å². The van der Waals surface area contributed by atoms with Gasteiger partial charge in [-0.3, -0.25) is 0 Å². The molecule has 0 aliphatic heterocycles. The van der Waals surface area contributed by atoms with Crippen LogP contribution in [0, 0.1) is 28.6 Å². The average molecular weight is 422 g/mol. The molecule has 30 heavy (non-hydrogen) atoms. The van der Waals surface area contributed by atoms with E-state index in [9.17, 15) is 5.11 Å². The van der Waals surface area contributed by atoms with E-state index in [0.29, 0.717) is 5.92 Å². The van der Waals surface area contributed by atoms with Crippen molar-refractivity contribution in [2.45, 2.75) is 64.9 Å². The maximum atomic E-state index is 10.7. The fraction of sp³-hybridized carbons (Fsp3) is 0.600. The lowest BCUT2D eigenvalue weighted by Crippen LogP contribution is -2.50. The van der Waals surface area contributed by atoms with E-state index in [1.807, 2.05) is 24.4 Å². The summed E-state index contributed by atoms with van der Waals surface area (Å²) in [7, 11) is 0. The molecule has 5 heteroatoms. The molecule has 4 aliphatic rings. The van der Waals surface area contributed by atoms with Crippen LogP contribution in [-0.4, -0.2) is 21.2 Å². The van der Waals surface area contributed by atoms with Gasteiger partial charge in [-0.05, 0) is 91.2 Å². The van der Waals surface area contributed by atoms with E-state index in [0.717, 1.165) is 35.6 Å². The number of aryl methyl sites for hydroxylation is 1. The van der Waals surface area contributed by atoms with E-state index < -0.39 is 0 Å². The molecule has 0 aromatic carbocycles. The summed E-state index contributed by atoms with van der Waals surface area (Å²) in [5.41, 5.74) is 3.21. The smallest absolute Gasteiger partial charge is 0.189 e. The van der Waals surface area contributed by atoms with E-state index in [1.54, 1.807) is 16.9 Å². The Labute approximate surface area is 182 Å². The molecule has 0 bridgehead atoms. The Morgan fingerprint density at radius 3 is 2.87 bits per heavy atom. The monoisotopic (exact) mass is 421 g/mol. The third kappa shape index (κ3) is 2.61. The molecule has 2 heterocycles. The van der Waals surface area contributed by atoms with E-state index in [-0.39, 0.29) is 16.9 Å². The van der Waals surface area contributed by atoms with Crippen molar-refractivity contribution in [1.29, 1.82) is 0 Å². The number of thiazole rings is 1. The number of rotatable bonds is 2. The van der Waals surface area contributed by atoms with Gasteiger partial charge in [-0.2, -0.15) is 0 Å². The maximum Gasteiger partial charge on any atom is 0.189 e. The molecule has 2 saturated carbocycles. The number of aliphatic hydroxyl groups is 1. The van der Waals surface area contributed by atoms with Crippen LogP contribution in [-0.2, 0) is 6.42 Å². The number of nitrogens with one attached hydrogen (secondary N) is 1. The molecule has 2 N–H and O–H groups in total. The number of aromatic nitrogens is 2. The summed E-state index contributed by atoms with van der Waals surface area (Å²) in [6, 6.07) is 5.93. The molecule has 4 aliphatic carbocycles. The second kappa shape index (κ2) is 6.64. The minimum absolute atomic E-state index is 0.0960. The number of pyridine rings is 1. The van der Waals surface area contributed by atoms with Gasteiger partial charge in [-0.1, -0.05) is 37.3 Å². The lowest BCUT2D eigenvalue weighted by atomic mass is 9.48. The van der Waals surface area contributed by atoms with Gasteiger partial charge < -0.3 is 10.4 Å². The summed E-state index contributed by atoms with van der Waals surface area (Å²) in [5, 5.41) is 15.1. The molecule has 2 aromatic heterocycles. The number of hydrogen-bond donors (Lipinski definition) is 2. The molecule has 0 saturated heterocycles. The van der Waals surface area contributed by atoms with Crippen LogP contribution in [0.1, 0.15) is 62.9 Å². The fourth-order valence-electron chi connectivity index (χ4n) is 7.45. The number of aliphatic hydroxyl groups excluding tert-OH is 1. The van der Waals surface area contributed by atoms with E-state index in [2.05, 4.69) is 30.2 Å². The van der Waals surface area contributed by atoms with Gasteiger partial charge in [0.2, 0.25) is 0 Å². The summed E-state index contributed by atoms with van der Waals surface area (Å²) in [6.45, 7) is 4.89. The van der Waals surface area contributed by atoms with Crippen LogP contribution >= 0.6 is 11.3 Å². The molecule has 0 spiro atoms. The van der Waals surface area contributed by atoms with Gasteiger partial charge >= 0.3 is 0 Å². The van der Waals surface area contributed by atoms with Crippen LogP contribution in [0.2, 0.25) is 0 Å². The molecule has 0 unspecified atom stereocenters. The van der Waals surface area contributed by atoms with Crippen LogP contribution in [0.3, 0.4) is 0 Å². The van der Waals surface area contributed by atoms with E-state index in [1.165, 1.54) is 42.7 Å². The first-order valence-corrected chi connectivity index (χ1v) is 12.4. The first-order valence-electron chi connectivity index (χ1n) is 11.6. The number of anilines is 2. The predicted molar refractivity (Wildman–Crippen MR) is 122 cm³/mol. The van der Waals surface area contributed by atoms with Crippen LogP contribution in [0.5, 0.6) is 0 Å². The summed E-state index contributed by atoms with van der Waals surface area (Å²) in [4.78, 5) is 10.7. The van der Waals surface area contributed by atoms with Crippen molar-refractivity contribution < 1.29 is 5.11 Å². The molecule has 0 radical (unpaired) electrons. The van der Waals surface area contributed by atoms with Crippen molar-refractivity contribution in [3.8, 4) is 0 Å². The fourth-order valence-corrected chi connectivity index (χ4v) is 8.64. The van der Waals surface area contributed by atoms with Gasteiger partial charge in [0.1, 0.15) is 5.82 Å². The Morgan fingerprint density at radius 1 is 1.13 bits per heavy atom. The molecule has 6 rings (SSSR count). The highest BCUT2D eigenvalue weighted by Crippen LogP contribution is 2.66. The Hall–Kier alpha value is -1.72. The third-order valence-electron chi connectivity index (χ3n) is 9.14. The van der Waals surface area contributed by atoms with Crippen LogP contribution in [0.15, 0.2) is 30.5 Å². The van der Waals surface area contributed by atoms with E-state index >= 15 is 0 Å². The topological polar surface area (TPSA) is 58.0 Å². The van der Waals surface area contributed by atoms with Crippen LogP contribution < -0.4 is 5.32 Å². The normalized spacial score (nSPS) is 39.4. The van der Waals surface area contributed by atoms with E-state index in [4.69, 9.17) is 4.98 Å². The summed E-state index contributed by atoms with van der Waals surface area (Å²) in [6.07, 6.45) is 12.4. The standard InChI is InChI=1S/C25H31N3OS/c1-24-13-11-19-22(30-23(27-19)28-21-5-3-4-14-26-21)18(24)7-6-15-16-8-9-20(29)25(16,2)12-10-17(15)24/h3-5,7,14-17,20,29H,6,8-13H2,1-2H3,(H,26,27,28)/t15-,16-,17-,20-,24+,25-/m0/s1. The second-order valence-electron chi connectivity index (χ2n) is 10.4. The first-order chi connectivity index (χ1) is 14.5. The van der Waals surface area contributed by atoms with Gasteiger partial charge in [0, 0.05) is 6.20 Å². The minimum atomic E-state index is -0.0960. The highest BCUT2D eigenvalue weighted by atomic mass is 32.1. The lowest BCUT2D eigenvalue weighted by Gasteiger charge is -2.56. The molecule has 2 fully saturated rings. The summed E-state index contributed by atoms with van der Waals surface area (Å²) < 4.78 is 0. The Balaban J connectivity index is 1.34. The zero-order valence-electron chi connectivity index (χ0n) is 17.9. The second-order valence-corrected chi connectivity index (χ2v) is 11.4. The molecule has 0 amide bonds. The van der Waals surface area contributed by atoms with Gasteiger partial charge in [-0.15, -0.1) is 0 Å². The predicted octanol–water partition coefficient (Wildman–Crippen LogP) is 5.82. The highest BCUT2D eigenvalue weighted by Gasteiger charge is 2.58. The van der Waals surface area contributed by atoms with Crippen LogP contribution in [0.25, 0.3) is 5.57 Å². The maximum absolute atomic E-state index is 10.7. The molecule has 4 nitrogen and oxygen atoms in total. The zero-order valence-corrected chi connectivity index (χ0v) is 18.7. The molecule has 2 aromatic rings. The van der Waals surface area contributed by atoms with Gasteiger partial charge in [0.05, 0.1) is 16.7 Å². The van der Waals surface area contributed by atoms with Crippen molar-refractivity contribution in [3.63, 3.8) is 0 Å². The Bertz CT molecular complexity index is 1000. The first kappa shape index (κ1) is 19.0. The van der Waals surface area contributed by atoms with Gasteiger partial charge in [-0.25, -0.2) is 9.97 Å².